The van der Waals surface area contributed by atoms with Gasteiger partial charge in [-0.3, -0.25) is 0 Å². The molecule has 1 nitrogen and oxygen atoms in total. The Morgan fingerprint density at radius 3 is 2.33 bits per heavy atom. The number of benzene rings is 1. The standard InChI is InChI=1S/C9H7Br2F3O/c1-15-8-3-5(11)2-7(6(8)4-10)9(12,13)14/h2-3H,4H2,1H3. The van der Waals surface area contributed by atoms with Crippen LogP contribution in [0.4, 0.5) is 13.2 Å². The summed E-state index contributed by atoms with van der Waals surface area (Å²) in [5, 5.41) is 0.0955. The summed E-state index contributed by atoms with van der Waals surface area (Å²) >= 11 is 6.04. The lowest BCUT2D eigenvalue weighted by Gasteiger charge is -2.15. The highest BCUT2D eigenvalue weighted by molar-refractivity contribution is 9.10. The maximum absolute atomic E-state index is 12.6. The normalized spacial score (nSPS) is 11.6. The molecule has 1 rings (SSSR count). The molecule has 0 radical (unpaired) electrons. The quantitative estimate of drug-likeness (QED) is 0.722. The van der Waals surface area contributed by atoms with E-state index in [0.717, 1.165) is 6.07 Å². The fourth-order valence-corrected chi connectivity index (χ4v) is 2.20. The third kappa shape index (κ3) is 2.87. The van der Waals surface area contributed by atoms with Crippen LogP contribution in [0.25, 0.3) is 0 Å². The summed E-state index contributed by atoms with van der Waals surface area (Å²) < 4.78 is 43.1. The zero-order chi connectivity index (χ0) is 11.6. The minimum atomic E-state index is -4.37. The van der Waals surface area contributed by atoms with Gasteiger partial charge in [0.15, 0.2) is 0 Å². The van der Waals surface area contributed by atoms with E-state index < -0.39 is 11.7 Å². The lowest BCUT2D eigenvalue weighted by molar-refractivity contribution is -0.138. The van der Waals surface area contributed by atoms with Crippen molar-refractivity contribution in [3.8, 4) is 5.75 Å². The van der Waals surface area contributed by atoms with E-state index in [1.807, 2.05) is 0 Å². The Bertz CT molecular complexity index is 363. The van der Waals surface area contributed by atoms with Crippen LogP contribution in [-0.2, 0) is 11.5 Å². The Kier molecular flexibility index (Phi) is 4.06. The summed E-state index contributed by atoms with van der Waals surface area (Å²) in [5.41, 5.74) is -0.584. The van der Waals surface area contributed by atoms with E-state index in [1.165, 1.54) is 13.2 Å². The van der Waals surface area contributed by atoms with Gasteiger partial charge in [-0.2, -0.15) is 13.2 Å². The molecular weight excluding hydrogens is 341 g/mol. The van der Waals surface area contributed by atoms with Crippen LogP contribution in [0, 0.1) is 0 Å². The van der Waals surface area contributed by atoms with E-state index in [2.05, 4.69) is 31.9 Å². The lowest BCUT2D eigenvalue weighted by Crippen LogP contribution is -2.09. The van der Waals surface area contributed by atoms with E-state index in [0.29, 0.717) is 4.47 Å². The predicted molar refractivity (Wildman–Crippen MR) is 58.3 cm³/mol. The molecule has 0 aliphatic carbocycles. The molecule has 15 heavy (non-hydrogen) atoms. The number of alkyl halides is 4. The van der Waals surface area contributed by atoms with Crippen molar-refractivity contribution >= 4 is 31.9 Å². The molecule has 0 saturated heterocycles. The topological polar surface area (TPSA) is 9.23 Å². The highest BCUT2D eigenvalue weighted by Crippen LogP contribution is 2.39. The van der Waals surface area contributed by atoms with Crippen LogP contribution in [0.3, 0.4) is 0 Å². The molecule has 0 unspecified atom stereocenters. The van der Waals surface area contributed by atoms with Crippen molar-refractivity contribution in [2.45, 2.75) is 11.5 Å². The molecule has 0 fully saturated rings. The van der Waals surface area contributed by atoms with Gasteiger partial charge in [0, 0.05) is 15.4 Å². The van der Waals surface area contributed by atoms with E-state index in [9.17, 15) is 13.2 Å². The van der Waals surface area contributed by atoms with Gasteiger partial charge in [-0.1, -0.05) is 31.9 Å². The molecule has 1 aromatic carbocycles. The number of methoxy groups -OCH3 is 1. The van der Waals surface area contributed by atoms with Gasteiger partial charge in [0.2, 0.25) is 0 Å². The van der Waals surface area contributed by atoms with Crippen LogP contribution < -0.4 is 4.74 Å². The third-order valence-electron chi connectivity index (χ3n) is 1.83. The van der Waals surface area contributed by atoms with Crippen molar-refractivity contribution < 1.29 is 17.9 Å². The molecular formula is C9H7Br2F3O. The molecule has 0 saturated carbocycles. The minimum absolute atomic E-state index is 0.0955. The number of hydrogen-bond donors (Lipinski definition) is 0. The number of hydrogen-bond acceptors (Lipinski definition) is 1. The minimum Gasteiger partial charge on any atom is -0.496 e. The summed E-state index contributed by atoms with van der Waals surface area (Å²) in [6, 6.07) is 2.55. The second-order valence-corrected chi connectivity index (χ2v) is 4.24. The SMILES string of the molecule is COc1cc(Br)cc(C(F)(F)F)c1CBr. The largest absolute Gasteiger partial charge is 0.496 e. The van der Waals surface area contributed by atoms with Gasteiger partial charge < -0.3 is 4.74 Å². The Morgan fingerprint density at radius 2 is 1.93 bits per heavy atom. The molecule has 84 valence electrons. The first kappa shape index (κ1) is 12.8. The van der Waals surface area contributed by atoms with Crippen LogP contribution in [0.2, 0.25) is 0 Å². The van der Waals surface area contributed by atoms with Crippen LogP contribution in [0.1, 0.15) is 11.1 Å². The van der Waals surface area contributed by atoms with Crippen LogP contribution in [0.5, 0.6) is 5.75 Å². The highest BCUT2D eigenvalue weighted by Gasteiger charge is 2.34. The molecule has 0 atom stereocenters. The van der Waals surface area contributed by atoms with E-state index >= 15 is 0 Å². The summed E-state index contributed by atoms with van der Waals surface area (Å²) in [5.74, 6) is 0.216. The zero-order valence-corrected chi connectivity index (χ0v) is 10.8. The van der Waals surface area contributed by atoms with E-state index in [-0.39, 0.29) is 16.6 Å². The predicted octanol–water partition coefficient (Wildman–Crippen LogP) is 4.37. The number of rotatable bonds is 2. The Morgan fingerprint density at radius 1 is 1.33 bits per heavy atom. The maximum atomic E-state index is 12.6. The summed E-state index contributed by atoms with van der Waals surface area (Å²) in [7, 11) is 1.34. The van der Waals surface area contributed by atoms with Gasteiger partial charge in [0.05, 0.1) is 12.7 Å². The Hall–Kier alpha value is -0.230. The van der Waals surface area contributed by atoms with Crippen molar-refractivity contribution in [2.75, 3.05) is 7.11 Å². The van der Waals surface area contributed by atoms with Gasteiger partial charge in [-0.25, -0.2) is 0 Å². The third-order valence-corrected chi connectivity index (χ3v) is 2.85. The Balaban J connectivity index is 3.42. The fourth-order valence-electron chi connectivity index (χ4n) is 1.18. The highest BCUT2D eigenvalue weighted by atomic mass is 79.9. The van der Waals surface area contributed by atoms with Gasteiger partial charge in [-0.05, 0) is 12.1 Å². The first-order valence-electron chi connectivity index (χ1n) is 3.89. The first-order chi connectivity index (χ1) is 6.90. The van der Waals surface area contributed by atoms with Crippen molar-refractivity contribution in [1.82, 2.24) is 0 Å². The van der Waals surface area contributed by atoms with Crippen molar-refractivity contribution in [2.24, 2.45) is 0 Å². The van der Waals surface area contributed by atoms with Gasteiger partial charge in [-0.15, -0.1) is 0 Å². The Labute approximate surface area is 102 Å². The molecule has 0 aromatic heterocycles. The van der Waals surface area contributed by atoms with Crippen LogP contribution >= 0.6 is 31.9 Å². The van der Waals surface area contributed by atoms with Crippen LogP contribution in [-0.4, -0.2) is 7.11 Å². The van der Waals surface area contributed by atoms with Gasteiger partial charge in [0.1, 0.15) is 5.75 Å². The van der Waals surface area contributed by atoms with Crippen molar-refractivity contribution in [3.63, 3.8) is 0 Å². The molecule has 1 aromatic rings. The average Bonchev–Trinajstić information content (AvgIpc) is 2.15. The van der Waals surface area contributed by atoms with Crippen LogP contribution in [0.15, 0.2) is 16.6 Å². The second kappa shape index (κ2) is 4.74. The zero-order valence-electron chi connectivity index (χ0n) is 7.66. The number of ether oxygens (including phenoxy) is 1. The first-order valence-corrected chi connectivity index (χ1v) is 5.81. The average molecular weight is 348 g/mol. The van der Waals surface area contributed by atoms with Gasteiger partial charge >= 0.3 is 6.18 Å². The summed E-state index contributed by atoms with van der Waals surface area (Å²) in [6.45, 7) is 0. The molecule has 0 heterocycles. The molecule has 0 amide bonds. The fraction of sp³-hybridized carbons (Fsp3) is 0.333. The molecule has 0 bridgehead atoms. The van der Waals surface area contributed by atoms with Crippen molar-refractivity contribution in [1.29, 1.82) is 0 Å². The lowest BCUT2D eigenvalue weighted by atomic mass is 10.1. The summed E-state index contributed by atoms with van der Waals surface area (Å²) in [6.07, 6.45) is -4.37. The monoisotopic (exact) mass is 346 g/mol. The van der Waals surface area contributed by atoms with E-state index in [1.54, 1.807) is 0 Å². The molecule has 0 aliphatic heterocycles. The summed E-state index contributed by atoms with van der Waals surface area (Å²) in [4.78, 5) is 0. The molecule has 6 heteroatoms. The second-order valence-electron chi connectivity index (χ2n) is 2.77. The molecule has 0 N–H and O–H groups in total. The smallest absolute Gasteiger partial charge is 0.416 e. The molecule has 0 spiro atoms. The van der Waals surface area contributed by atoms with Crippen molar-refractivity contribution in [3.05, 3.63) is 27.7 Å². The number of halogens is 5. The maximum Gasteiger partial charge on any atom is 0.416 e. The van der Waals surface area contributed by atoms with Gasteiger partial charge in [0.25, 0.3) is 0 Å². The molecule has 0 aliphatic rings. The van der Waals surface area contributed by atoms with E-state index in [4.69, 9.17) is 4.74 Å².